The summed E-state index contributed by atoms with van der Waals surface area (Å²) >= 11 is 0. The van der Waals surface area contributed by atoms with Crippen LogP contribution in [0.1, 0.15) is 0 Å². The molecule has 0 saturated carbocycles. The molecule has 3 rings (SSSR count). The van der Waals surface area contributed by atoms with E-state index in [2.05, 4.69) is 9.97 Å². The van der Waals surface area contributed by atoms with Gasteiger partial charge in [-0.3, -0.25) is 0 Å². The molecule has 0 aromatic carbocycles. The zero-order chi connectivity index (χ0) is 13.1. The summed E-state index contributed by atoms with van der Waals surface area (Å²) in [4.78, 5) is 12.4. The molecule has 1 aromatic rings. The van der Waals surface area contributed by atoms with E-state index >= 15 is 0 Å². The number of morpholine rings is 2. The molecule has 2 fully saturated rings. The molecule has 0 bridgehead atoms. The van der Waals surface area contributed by atoms with Crippen LogP contribution in [-0.2, 0) is 9.47 Å². The normalized spacial score (nSPS) is 19.6. The topological polar surface area (TPSA) is 50.7 Å². The van der Waals surface area contributed by atoms with E-state index in [-0.39, 0.29) is 18.2 Å². The minimum absolute atomic E-state index is 0. The van der Waals surface area contributed by atoms with Crippen LogP contribution in [0.4, 0.5) is 16.2 Å². The van der Waals surface area contributed by atoms with Gasteiger partial charge in [0.1, 0.15) is 0 Å². The van der Waals surface area contributed by atoms with Gasteiger partial charge < -0.3 is 19.3 Å². The molecule has 0 amide bonds. The molecule has 3 heterocycles. The van der Waals surface area contributed by atoms with Gasteiger partial charge in [-0.1, -0.05) is 0 Å². The highest BCUT2D eigenvalue weighted by Crippen LogP contribution is 2.20. The van der Waals surface area contributed by atoms with Crippen molar-refractivity contribution in [1.82, 2.24) is 9.97 Å². The van der Waals surface area contributed by atoms with Crippen molar-refractivity contribution in [2.24, 2.45) is 0 Å². The lowest BCUT2D eigenvalue weighted by atomic mass is 10.4. The number of hydrogen-bond acceptors (Lipinski definition) is 6. The zero-order valence-corrected chi connectivity index (χ0v) is 11.9. The number of anilines is 2. The maximum atomic E-state index is 13.9. The monoisotopic (exact) mass is 304 g/mol. The van der Waals surface area contributed by atoms with Crippen molar-refractivity contribution in [3.8, 4) is 0 Å². The first-order chi connectivity index (χ1) is 9.34. The first-order valence-electron chi connectivity index (χ1n) is 6.52. The quantitative estimate of drug-likeness (QED) is 0.802. The fourth-order valence-corrected chi connectivity index (χ4v) is 2.26. The maximum absolute atomic E-state index is 13.9. The highest BCUT2D eigenvalue weighted by molar-refractivity contribution is 5.85. The van der Waals surface area contributed by atoms with Crippen LogP contribution in [0.2, 0.25) is 0 Å². The van der Waals surface area contributed by atoms with Crippen LogP contribution in [0, 0.1) is 5.82 Å². The lowest BCUT2D eigenvalue weighted by Crippen LogP contribution is -2.39. The first-order valence-corrected chi connectivity index (χ1v) is 6.52. The van der Waals surface area contributed by atoms with E-state index in [9.17, 15) is 4.39 Å². The van der Waals surface area contributed by atoms with E-state index in [4.69, 9.17) is 9.47 Å². The lowest BCUT2D eigenvalue weighted by molar-refractivity contribution is 0.121. The fraction of sp³-hybridized carbons (Fsp3) is 0.667. The van der Waals surface area contributed by atoms with Gasteiger partial charge in [0.15, 0.2) is 11.6 Å². The second kappa shape index (κ2) is 7.01. The molecular formula is C12H18ClFN4O2. The molecule has 2 aliphatic heterocycles. The van der Waals surface area contributed by atoms with E-state index in [1.807, 2.05) is 9.80 Å². The van der Waals surface area contributed by atoms with Gasteiger partial charge in [0.2, 0.25) is 5.95 Å². The Kier molecular flexibility index (Phi) is 5.33. The van der Waals surface area contributed by atoms with Crippen molar-refractivity contribution in [2.45, 2.75) is 0 Å². The van der Waals surface area contributed by atoms with Gasteiger partial charge in [-0.15, -0.1) is 12.4 Å². The van der Waals surface area contributed by atoms with Crippen LogP contribution in [0.15, 0.2) is 6.20 Å². The van der Waals surface area contributed by atoms with Crippen LogP contribution in [0.5, 0.6) is 0 Å². The van der Waals surface area contributed by atoms with Crippen molar-refractivity contribution in [3.05, 3.63) is 12.0 Å². The molecule has 0 N–H and O–H groups in total. The Hall–Kier alpha value is -1.18. The Balaban J connectivity index is 0.00000147. The SMILES string of the molecule is Cl.Fc1cnc(N2CCOCC2)nc1N1CCOCC1. The largest absolute Gasteiger partial charge is 0.378 e. The molecule has 6 nitrogen and oxygen atoms in total. The summed E-state index contributed by atoms with van der Waals surface area (Å²) in [6.45, 7) is 5.35. The number of ether oxygens (including phenoxy) is 2. The molecule has 1 aromatic heterocycles. The van der Waals surface area contributed by atoms with Crippen molar-refractivity contribution in [1.29, 1.82) is 0 Å². The van der Waals surface area contributed by atoms with Crippen molar-refractivity contribution < 1.29 is 13.9 Å². The third-order valence-electron chi connectivity index (χ3n) is 3.32. The predicted molar refractivity (Wildman–Crippen MR) is 75.3 cm³/mol. The summed E-state index contributed by atoms with van der Waals surface area (Å²) in [6, 6.07) is 0. The molecule has 112 valence electrons. The standard InChI is InChI=1S/C12H17FN4O2.ClH/c13-10-9-14-12(17-3-7-19-8-4-17)15-11(10)16-1-5-18-6-2-16;/h9H,1-8H2;1H. The minimum Gasteiger partial charge on any atom is -0.378 e. The smallest absolute Gasteiger partial charge is 0.227 e. The number of aromatic nitrogens is 2. The molecule has 0 aliphatic carbocycles. The average Bonchev–Trinajstić information content (AvgIpc) is 2.49. The molecule has 2 saturated heterocycles. The third-order valence-corrected chi connectivity index (χ3v) is 3.32. The number of hydrogen-bond donors (Lipinski definition) is 0. The number of halogens is 2. The first kappa shape index (κ1) is 15.2. The van der Waals surface area contributed by atoms with E-state index in [1.54, 1.807) is 0 Å². The highest BCUT2D eigenvalue weighted by atomic mass is 35.5. The zero-order valence-electron chi connectivity index (χ0n) is 11.1. The van der Waals surface area contributed by atoms with Gasteiger partial charge in [0.05, 0.1) is 32.6 Å². The van der Waals surface area contributed by atoms with Crippen molar-refractivity contribution in [3.63, 3.8) is 0 Å². The van der Waals surface area contributed by atoms with Crippen LogP contribution < -0.4 is 9.80 Å². The highest BCUT2D eigenvalue weighted by Gasteiger charge is 2.20. The van der Waals surface area contributed by atoms with Crippen LogP contribution in [0.3, 0.4) is 0 Å². The Morgan fingerprint density at radius 2 is 1.50 bits per heavy atom. The molecule has 2 aliphatic rings. The molecule has 0 atom stereocenters. The second-order valence-electron chi connectivity index (χ2n) is 4.54. The van der Waals surface area contributed by atoms with E-state index in [1.165, 1.54) is 6.20 Å². The Morgan fingerprint density at radius 3 is 2.10 bits per heavy atom. The molecule has 0 unspecified atom stereocenters. The van der Waals surface area contributed by atoms with Gasteiger partial charge in [0, 0.05) is 26.2 Å². The van der Waals surface area contributed by atoms with Crippen LogP contribution in [-0.4, -0.2) is 62.6 Å². The Bertz CT molecular complexity index is 439. The predicted octanol–water partition coefficient (Wildman–Crippen LogP) is 0.711. The van der Waals surface area contributed by atoms with Crippen molar-refractivity contribution in [2.75, 3.05) is 62.4 Å². The van der Waals surface area contributed by atoms with Crippen molar-refractivity contribution >= 4 is 24.2 Å². The lowest BCUT2D eigenvalue weighted by Gasteiger charge is -2.30. The number of nitrogens with zero attached hydrogens (tertiary/aromatic N) is 4. The molecule has 0 spiro atoms. The molecule has 8 heteroatoms. The van der Waals surface area contributed by atoms with Gasteiger partial charge >= 0.3 is 0 Å². The van der Waals surface area contributed by atoms with E-state index < -0.39 is 0 Å². The summed E-state index contributed by atoms with van der Waals surface area (Å²) in [5, 5.41) is 0. The summed E-state index contributed by atoms with van der Waals surface area (Å²) in [5.41, 5.74) is 0. The van der Waals surface area contributed by atoms with Gasteiger partial charge in [-0.25, -0.2) is 9.37 Å². The molecule has 0 radical (unpaired) electrons. The van der Waals surface area contributed by atoms with Gasteiger partial charge in [0.25, 0.3) is 0 Å². The third kappa shape index (κ3) is 3.28. The number of rotatable bonds is 2. The molecule has 20 heavy (non-hydrogen) atoms. The average molecular weight is 305 g/mol. The van der Waals surface area contributed by atoms with Crippen LogP contribution >= 0.6 is 12.4 Å². The summed E-state index contributed by atoms with van der Waals surface area (Å²) in [7, 11) is 0. The Morgan fingerprint density at radius 1 is 0.950 bits per heavy atom. The maximum Gasteiger partial charge on any atom is 0.227 e. The summed E-state index contributed by atoms with van der Waals surface area (Å²) in [5.74, 6) is 0.574. The van der Waals surface area contributed by atoms with E-state index in [0.29, 0.717) is 51.3 Å². The summed E-state index contributed by atoms with van der Waals surface area (Å²) in [6.07, 6.45) is 1.25. The summed E-state index contributed by atoms with van der Waals surface area (Å²) < 4.78 is 24.4. The van der Waals surface area contributed by atoms with E-state index in [0.717, 1.165) is 13.1 Å². The molecular weight excluding hydrogens is 287 g/mol. The fourth-order valence-electron chi connectivity index (χ4n) is 2.26. The Labute approximate surface area is 123 Å². The van der Waals surface area contributed by atoms with Gasteiger partial charge in [-0.05, 0) is 0 Å². The minimum atomic E-state index is -0.376. The van der Waals surface area contributed by atoms with Crippen LogP contribution in [0.25, 0.3) is 0 Å². The second-order valence-corrected chi connectivity index (χ2v) is 4.54. The van der Waals surface area contributed by atoms with Gasteiger partial charge in [-0.2, -0.15) is 4.98 Å².